The van der Waals surface area contributed by atoms with Crippen LogP contribution in [0.4, 0.5) is 15.9 Å². The van der Waals surface area contributed by atoms with Gasteiger partial charge in [0.2, 0.25) is 0 Å². The maximum atomic E-state index is 12.9. The third-order valence-corrected chi connectivity index (χ3v) is 3.73. The minimum atomic E-state index is -0.267. The SMILES string of the molecule is O=C(Nc1cccc(Cl)c1)c1ccc(NCc2ccc(F)cc2)nc1. The lowest BCUT2D eigenvalue weighted by molar-refractivity contribution is 0.102. The van der Waals surface area contributed by atoms with Gasteiger partial charge in [-0.25, -0.2) is 9.37 Å². The van der Waals surface area contributed by atoms with Gasteiger partial charge in [0.25, 0.3) is 5.91 Å². The Balaban J connectivity index is 1.59. The van der Waals surface area contributed by atoms with E-state index in [0.717, 1.165) is 5.56 Å². The Kier molecular flexibility index (Phi) is 5.26. The molecule has 2 aromatic carbocycles. The standard InChI is InChI=1S/C19H15ClFN3O/c20-15-2-1-3-17(10-15)24-19(25)14-6-9-18(23-12-14)22-11-13-4-7-16(21)8-5-13/h1-10,12H,11H2,(H,22,23)(H,24,25). The van der Waals surface area contributed by atoms with E-state index < -0.39 is 0 Å². The number of halogens is 2. The summed E-state index contributed by atoms with van der Waals surface area (Å²) >= 11 is 5.90. The minimum absolute atomic E-state index is 0.264. The number of nitrogens with zero attached hydrogens (tertiary/aromatic N) is 1. The van der Waals surface area contributed by atoms with Crippen LogP contribution in [0.5, 0.6) is 0 Å². The van der Waals surface area contributed by atoms with Gasteiger partial charge in [-0.05, 0) is 48.0 Å². The zero-order valence-corrected chi connectivity index (χ0v) is 13.9. The van der Waals surface area contributed by atoms with Crippen molar-refractivity contribution in [2.75, 3.05) is 10.6 Å². The maximum Gasteiger partial charge on any atom is 0.257 e. The fraction of sp³-hybridized carbons (Fsp3) is 0.0526. The number of rotatable bonds is 5. The number of amides is 1. The number of hydrogen-bond acceptors (Lipinski definition) is 3. The summed E-state index contributed by atoms with van der Waals surface area (Å²) in [5, 5.41) is 6.44. The van der Waals surface area contributed by atoms with Crippen molar-refractivity contribution >= 4 is 29.0 Å². The number of hydrogen-bond donors (Lipinski definition) is 2. The molecular formula is C19H15ClFN3O. The van der Waals surface area contributed by atoms with Gasteiger partial charge in [0, 0.05) is 23.5 Å². The van der Waals surface area contributed by atoms with Crippen molar-refractivity contribution < 1.29 is 9.18 Å². The van der Waals surface area contributed by atoms with Gasteiger partial charge in [-0.2, -0.15) is 0 Å². The molecule has 0 aliphatic rings. The third kappa shape index (κ3) is 4.78. The molecule has 0 bridgehead atoms. The molecule has 25 heavy (non-hydrogen) atoms. The van der Waals surface area contributed by atoms with Crippen molar-refractivity contribution in [3.63, 3.8) is 0 Å². The largest absolute Gasteiger partial charge is 0.366 e. The second-order valence-corrected chi connectivity index (χ2v) is 5.81. The average Bonchev–Trinajstić information content (AvgIpc) is 2.62. The Morgan fingerprint density at radius 1 is 1.08 bits per heavy atom. The molecule has 0 atom stereocenters. The van der Waals surface area contributed by atoms with Crippen molar-refractivity contribution in [2.24, 2.45) is 0 Å². The topological polar surface area (TPSA) is 54.0 Å². The molecule has 0 unspecified atom stereocenters. The summed E-state index contributed by atoms with van der Waals surface area (Å²) in [5.74, 6) is 0.0976. The van der Waals surface area contributed by atoms with Gasteiger partial charge in [-0.15, -0.1) is 0 Å². The summed E-state index contributed by atoms with van der Waals surface area (Å²) in [5.41, 5.74) is 1.99. The molecule has 1 heterocycles. The summed E-state index contributed by atoms with van der Waals surface area (Å²) in [6.45, 7) is 0.515. The van der Waals surface area contributed by atoms with Crippen molar-refractivity contribution in [1.29, 1.82) is 0 Å². The fourth-order valence-electron chi connectivity index (χ4n) is 2.20. The monoisotopic (exact) mass is 355 g/mol. The summed E-state index contributed by atoms with van der Waals surface area (Å²) in [6, 6.07) is 16.6. The summed E-state index contributed by atoms with van der Waals surface area (Å²) in [6.07, 6.45) is 1.49. The number of carbonyl (C=O) groups is 1. The first-order valence-electron chi connectivity index (χ1n) is 7.61. The first-order chi connectivity index (χ1) is 12.1. The van der Waals surface area contributed by atoms with Crippen LogP contribution in [0.15, 0.2) is 66.9 Å². The van der Waals surface area contributed by atoms with E-state index in [1.165, 1.54) is 18.3 Å². The first-order valence-corrected chi connectivity index (χ1v) is 7.99. The summed E-state index contributed by atoms with van der Waals surface area (Å²) < 4.78 is 12.9. The van der Waals surface area contributed by atoms with Gasteiger partial charge in [0.1, 0.15) is 11.6 Å². The Morgan fingerprint density at radius 2 is 1.88 bits per heavy atom. The second kappa shape index (κ2) is 7.77. The van der Waals surface area contributed by atoms with E-state index in [2.05, 4.69) is 15.6 Å². The lowest BCUT2D eigenvalue weighted by Gasteiger charge is -2.08. The van der Waals surface area contributed by atoms with Gasteiger partial charge in [-0.3, -0.25) is 4.79 Å². The molecule has 0 radical (unpaired) electrons. The molecule has 0 saturated carbocycles. The quantitative estimate of drug-likeness (QED) is 0.695. The number of pyridine rings is 1. The molecule has 3 rings (SSSR count). The summed E-state index contributed by atoms with van der Waals surface area (Å²) in [7, 11) is 0. The van der Waals surface area contributed by atoms with Crippen LogP contribution < -0.4 is 10.6 Å². The third-order valence-electron chi connectivity index (χ3n) is 3.50. The number of anilines is 2. The van der Waals surface area contributed by atoms with Gasteiger partial charge in [-0.1, -0.05) is 29.8 Å². The highest BCUT2D eigenvalue weighted by atomic mass is 35.5. The maximum absolute atomic E-state index is 12.9. The Bertz CT molecular complexity index is 867. The average molecular weight is 356 g/mol. The fourth-order valence-corrected chi connectivity index (χ4v) is 2.39. The molecule has 2 N–H and O–H groups in total. The van der Waals surface area contributed by atoms with E-state index in [1.807, 2.05) is 0 Å². The van der Waals surface area contributed by atoms with Crippen LogP contribution in [0.25, 0.3) is 0 Å². The zero-order chi connectivity index (χ0) is 17.6. The predicted octanol–water partition coefficient (Wildman–Crippen LogP) is 4.74. The van der Waals surface area contributed by atoms with E-state index in [1.54, 1.807) is 48.5 Å². The van der Waals surface area contributed by atoms with Crippen molar-refractivity contribution in [1.82, 2.24) is 4.98 Å². The normalized spacial score (nSPS) is 10.3. The van der Waals surface area contributed by atoms with Crippen LogP contribution in [0, 0.1) is 5.82 Å². The van der Waals surface area contributed by atoms with E-state index in [9.17, 15) is 9.18 Å². The van der Waals surface area contributed by atoms with Crippen molar-refractivity contribution in [2.45, 2.75) is 6.54 Å². The first kappa shape index (κ1) is 16.9. The van der Waals surface area contributed by atoms with Gasteiger partial charge < -0.3 is 10.6 Å². The highest BCUT2D eigenvalue weighted by molar-refractivity contribution is 6.30. The molecule has 126 valence electrons. The zero-order valence-electron chi connectivity index (χ0n) is 13.2. The van der Waals surface area contributed by atoms with Crippen LogP contribution >= 0.6 is 11.6 Å². The molecule has 0 aliphatic heterocycles. The lowest BCUT2D eigenvalue weighted by Crippen LogP contribution is -2.12. The Labute approximate surface area is 149 Å². The molecule has 0 spiro atoms. The Morgan fingerprint density at radius 3 is 2.56 bits per heavy atom. The summed E-state index contributed by atoms with van der Waals surface area (Å²) in [4.78, 5) is 16.4. The smallest absolute Gasteiger partial charge is 0.257 e. The predicted molar refractivity (Wildman–Crippen MR) is 97.4 cm³/mol. The van der Waals surface area contributed by atoms with Gasteiger partial charge in [0.05, 0.1) is 5.56 Å². The van der Waals surface area contributed by atoms with Gasteiger partial charge >= 0.3 is 0 Å². The molecule has 1 amide bonds. The minimum Gasteiger partial charge on any atom is -0.366 e. The Hall–Kier alpha value is -2.92. The molecule has 0 aliphatic carbocycles. The van der Waals surface area contributed by atoms with Crippen LogP contribution in [0.1, 0.15) is 15.9 Å². The van der Waals surface area contributed by atoms with E-state index >= 15 is 0 Å². The van der Waals surface area contributed by atoms with Crippen LogP contribution in [-0.4, -0.2) is 10.9 Å². The number of carbonyl (C=O) groups excluding carboxylic acids is 1. The van der Waals surface area contributed by atoms with Crippen LogP contribution in [0.2, 0.25) is 5.02 Å². The highest BCUT2D eigenvalue weighted by Crippen LogP contribution is 2.16. The molecule has 3 aromatic rings. The number of nitrogens with one attached hydrogen (secondary N) is 2. The van der Waals surface area contributed by atoms with Crippen LogP contribution in [0.3, 0.4) is 0 Å². The molecule has 0 saturated heterocycles. The van der Waals surface area contributed by atoms with Crippen molar-refractivity contribution in [3.05, 3.63) is 88.8 Å². The highest BCUT2D eigenvalue weighted by Gasteiger charge is 2.07. The van der Waals surface area contributed by atoms with Crippen LogP contribution in [-0.2, 0) is 6.54 Å². The number of benzene rings is 2. The molecule has 0 fully saturated rings. The van der Waals surface area contributed by atoms with Gasteiger partial charge in [0.15, 0.2) is 0 Å². The van der Waals surface area contributed by atoms with E-state index in [4.69, 9.17) is 11.6 Å². The van der Waals surface area contributed by atoms with Crippen molar-refractivity contribution in [3.8, 4) is 0 Å². The second-order valence-electron chi connectivity index (χ2n) is 5.38. The molecule has 1 aromatic heterocycles. The van der Waals surface area contributed by atoms with E-state index in [-0.39, 0.29) is 11.7 Å². The molecule has 6 heteroatoms. The number of aromatic nitrogens is 1. The lowest BCUT2D eigenvalue weighted by atomic mass is 10.2. The molecular weight excluding hydrogens is 341 g/mol. The van der Waals surface area contributed by atoms with E-state index in [0.29, 0.717) is 28.6 Å². The molecule has 4 nitrogen and oxygen atoms in total.